The van der Waals surface area contributed by atoms with E-state index in [4.69, 9.17) is 0 Å². The fraction of sp³-hybridized carbons (Fsp3) is 0.727. The maximum Gasteiger partial charge on any atom is 0.150 e. The van der Waals surface area contributed by atoms with E-state index in [9.17, 15) is 0 Å². The minimum absolute atomic E-state index is 0.794. The SMILES string of the molecule is Cc1csc(SC2C[C@H]3CC[C@@H](C2)N3)n1. The summed E-state index contributed by atoms with van der Waals surface area (Å²) in [6.07, 6.45) is 5.44. The molecule has 3 heterocycles. The zero-order valence-electron chi connectivity index (χ0n) is 8.90. The first-order valence-electron chi connectivity index (χ1n) is 5.64. The molecule has 2 aliphatic rings. The van der Waals surface area contributed by atoms with Crippen LogP contribution in [0.4, 0.5) is 0 Å². The van der Waals surface area contributed by atoms with E-state index in [1.54, 1.807) is 11.3 Å². The van der Waals surface area contributed by atoms with Gasteiger partial charge in [-0.05, 0) is 32.6 Å². The first-order chi connectivity index (χ1) is 7.29. The number of rotatable bonds is 2. The molecule has 0 radical (unpaired) electrons. The Bertz CT molecular complexity index is 338. The predicted molar refractivity (Wildman–Crippen MR) is 65.7 cm³/mol. The molecule has 0 spiro atoms. The van der Waals surface area contributed by atoms with Gasteiger partial charge >= 0.3 is 0 Å². The van der Waals surface area contributed by atoms with E-state index in [2.05, 4.69) is 22.6 Å². The Kier molecular flexibility index (Phi) is 2.75. The lowest BCUT2D eigenvalue weighted by Crippen LogP contribution is -2.39. The van der Waals surface area contributed by atoms with E-state index in [1.807, 2.05) is 11.8 Å². The quantitative estimate of drug-likeness (QED) is 0.860. The Hall–Kier alpha value is -0.0600. The topological polar surface area (TPSA) is 24.9 Å². The van der Waals surface area contributed by atoms with Gasteiger partial charge in [0.15, 0.2) is 0 Å². The summed E-state index contributed by atoms with van der Waals surface area (Å²) in [5.74, 6) is 0. The Morgan fingerprint density at radius 2 is 2.13 bits per heavy atom. The number of hydrogen-bond acceptors (Lipinski definition) is 4. The van der Waals surface area contributed by atoms with Gasteiger partial charge in [-0.25, -0.2) is 4.98 Å². The van der Waals surface area contributed by atoms with Crippen LogP contribution in [0.2, 0.25) is 0 Å². The van der Waals surface area contributed by atoms with Crippen molar-refractivity contribution >= 4 is 23.1 Å². The van der Waals surface area contributed by atoms with E-state index in [1.165, 1.54) is 35.7 Å². The van der Waals surface area contributed by atoms with Crippen molar-refractivity contribution in [3.63, 3.8) is 0 Å². The Labute approximate surface area is 98.9 Å². The van der Waals surface area contributed by atoms with Gasteiger partial charge in [0, 0.05) is 28.4 Å². The van der Waals surface area contributed by atoms with Gasteiger partial charge in [-0.1, -0.05) is 11.8 Å². The molecule has 15 heavy (non-hydrogen) atoms. The molecule has 1 N–H and O–H groups in total. The fourth-order valence-electron chi connectivity index (χ4n) is 2.63. The van der Waals surface area contributed by atoms with Crippen LogP contribution in [-0.2, 0) is 0 Å². The van der Waals surface area contributed by atoms with Crippen molar-refractivity contribution in [1.82, 2.24) is 10.3 Å². The van der Waals surface area contributed by atoms with Crippen molar-refractivity contribution in [2.75, 3.05) is 0 Å². The van der Waals surface area contributed by atoms with Crippen molar-refractivity contribution < 1.29 is 0 Å². The van der Waals surface area contributed by atoms with Crippen LogP contribution in [0.1, 0.15) is 31.4 Å². The van der Waals surface area contributed by atoms with E-state index in [0.29, 0.717) is 0 Å². The fourth-order valence-corrected chi connectivity index (χ4v) is 5.06. The van der Waals surface area contributed by atoms with Crippen molar-refractivity contribution in [2.45, 2.75) is 54.3 Å². The first kappa shape index (κ1) is 10.1. The van der Waals surface area contributed by atoms with Crippen LogP contribution in [0.5, 0.6) is 0 Å². The lowest BCUT2D eigenvalue weighted by atomic mass is 10.1. The van der Waals surface area contributed by atoms with Gasteiger partial charge in [-0.15, -0.1) is 11.3 Å². The highest BCUT2D eigenvalue weighted by Crippen LogP contribution is 2.37. The number of aryl methyl sites for hydroxylation is 1. The number of nitrogens with one attached hydrogen (secondary N) is 1. The van der Waals surface area contributed by atoms with Crippen LogP contribution >= 0.6 is 23.1 Å². The van der Waals surface area contributed by atoms with E-state index in [-0.39, 0.29) is 0 Å². The molecule has 2 nitrogen and oxygen atoms in total. The molecule has 0 aliphatic carbocycles. The van der Waals surface area contributed by atoms with Gasteiger partial charge in [0.25, 0.3) is 0 Å². The summed E-state index contributed by atoms with van der Waals surface area (Å²) in [7, 11) is 0. The van der Waals surface area contributed by atoms with Gasteiger partial charge in [0.05, 0.1) is 0 Å². The second-order valence-electron chi connectivity index (χ2n) is 4.60. The van der Waals surface area contributed by atoms with Crippen LogP contribution in [0.25, 0.3) is 0 Å². The molecule has 82 valence electrons. The van der Waals surface area contributed by atoms with E-state index < -0.39 is 0 Å². The summed E-state index contributed by atoms with van der Waals surface area (Å²) in [4.78, 5) is 4.54. The second-order valence-corrected chi connectivity index (χ2v) is 7.01. The minimum atomic E-state index is 0.794. The molecule has 2 saturated heterocycles. The number of piperidine rings is 1. The summed E-state index contributed by atoms with van der Waals surface area (Å²) in [5, 5.41) is 6.63. The highest BCUT2D eigenvalue weighted by atomic mass is 32.2. The van der Waals surface area contributed by atoms with Gasteiger partial charge in [-0.2, -0.15) is 0 Å². The van der Waals surface area contributed by atoms with Crippen LogP contribution < -0.4 is 5.32 Å². The Morgan fingerprint density at radius 3 is 2.73 bits per heavy atom. The third kappa shape index (κ3) is 2.22. The minimum Gasteiger partial charge on any atom is -0.311 e. The molecule has 2 fully saturated rings. The van der Waals surface area contributed by atoms with Crippen molar-refractivity contribution in [1.29, 1.82) is 0 Å². The van der Waals surface area contributed by atoms with E-state index in [0.717, 1.165) is 17.3 Å². The highest BCUT2D eigenvalue weighted by Gasteiger charge is 2.34. The number of hydrogen-bond donors (Lipinski definition) is 1. The largest absolute Gasteiger partial charge is 0.311 e. The number of thioether (sulfide) groups is 1. The monoisotopic (exact) mass is 240 g/mol. The van der Waals surface area contributed by atoms with Crippen molar-refractivity contribution in [3.05, 3.63) is 11.1 Å². The van der Waals surface area contributed by atoms with Crippen LogP contribution in [-0.4, -0.2) is 22.3 Å². The van der Waals surface area contributed by atoms with Crippen LogP contribution in [0.3, 0.4) is 0 Å². The average molecular weight is 240 g/mol. The van der Waals surface area contributed by atoms with Gasteiger partial charge in [0.1, 0.15) is 4.34 Å². The van der Waals surface area contributed by atoms with Gasteiger partial charge < -0.3 is 5.32 Å². The zero-order valence-corrected chi connectivity index (χ0v) is 10.5. The molecule has 0 saturated carbocycles. The molecule has 2 aliphatic heterocycles. The predicted octanol–water partition coefficient (Wildman–Crippen LogP) is 2.83. The number of thiazole rings is 1. The third-order valence-electron chi connectivity index (χ3n) is 3.30. The van der Waals surface area contributed by atoms with Crippen molar-refractivity contribution in [3.8, 4) is 0 Å². The molecule has 0 aromatic carbocycles. The summed E-state index contributed by atoms with van der Waals surface area (Å²) < 4.78 is 1.26. The molecule has 1 aromatic rings. The number of aromatic nitrogens is 1. The molecule has 1 aromatic heterocycles. The summed E-state index contributed by atoms with van der Waals surface area (Å²) >= 11 is 3.80. The van der Waals surface area contributed by atoms with E-state index >= 15 is 0 Å². The Balaban J connectivity index is 1.64. The molecule has 2 bridgehead atoms. The molecule has 0 amide bonds. The molecule has 1 unspecified atom stereocenters. The molecule has 3 rings (SSSR count). The first-order valence-corrected chi connectivity index (χ1v) is 7.40. The van der Waals surface area contributed by atoms with Gasteiger partial charge in [-0.3, -0.25) is 0 Å². The summed E-state index contributed by atoms with van der Waals surface area (Å²) in [6.45, 7) is 2.08. The highest BCUT2D eigenvalue weighted by molar-refractivity contribution is 8.01. The summed E-state index contributed by atoms with van der Waals surface area (Å²) in [6, 6.07) is 1.59. The van der Waals surface area contributed by atoms with Crippen LogP contribution in [0, 0.1) is 6.92 Å². The number of fused-ring (bicyclic) bond motifs is 2. The van der Waals surface area contributed by atoms with Gasteiger partial charge in [0.2, 0.25) is 0 Å². The lowest BCUT2D eigenvalue weighted by Gasteiger charge is -2.27. The molecule has 4 heteroatoms. The second kappa shape index (κ2) is 4.07. The lowest BCUT2D eigenvalue weighted by molar-refractivity contribution is 0.415. The van der Waals surface area contributed by atoms with Crippen LogP contribution in [0.15, 0.2) is 9.72 Å². The molecular weight excluding hydrogens is 224 g/mol. The zero-order chi connectivity index (χ0) is 10.3. The number of nitrogens with zero attached hydrogens (tertiary/aromatic N) is 1. The standard InChI is InChI=1S/C11H16N2S2/c1-7-6-14-11(12-7)15-10-4-8-2-3-9(5-10)13-8/h6,8-10,13H,2-5H2,1H3/t8-,9+,10?. The molecule has 3 atom stereocenters. The third-order valence-corrected chi connectivity index (χ3v) is 5.64. The maximum absolute atomic E-state index is 4.54. The average Bonchev–Trinajstić information content (AvgIpc) is 2.74. The Morgan fingerprint density at radius 1 is 1.40 bits per heavy atom. The van der Waals surface area contributed by atoms with Crippen molar-refractivity contribution in [2.24, 2.45) is 0 Å². The normalized spacial score (nSPS) is 34.6. The maximum atomic E-state index is 4.54. The summed E-state index contributed by atoms with van der Waals surface area (Å²) in [5.41, 5.74) is 1.17. The molecular formula is C11H16N2S2. The smallest absolute Gasteiger partial charge is 0.150 e.